The van der Waals surface area contributed by atoms with Crippen LogP contribution in [0.1, 0.15) is 29.1 Å². The molecule has 25 heavy (non-hydrogen) atoms. The van der Waals surface area contributed by atoms with Gasteiger partial charge in [-0.2, -0.15) is 5.10 Å². The number of hydrogen-bond donors (Lipinski definition) is 2. The molecule has 1 aromatic carbocycles. The number of nitrogens with zero attached hydrogens (tertiary/aromatic N) is 5. The number of nitrogens with one attached hydrogen (secondary N) is 1. The molecule has 0 aliphatic rings. The summed E-state index contributed by atoms with van der Waals surface area (Å²) in [6, 6.07) is 11.7. The van der Waals surface area contributed by atoms with E-state index in [9.17, 15) is 4.79 Å². The van der Waals surface area contributed by atoms with Gasteiger partial charge in [0.2, 0.25) is 0 Å². The molecule has 3 rings (SSSR count). The molecule has 3 N–H and O–H groups in total. The summed E-state index contributed by atoms with van der Waals surface area (Å²) in [6.45, 7) is 2.91. The SMILES string of the molecule is CC(c1cc(-c2ccccc2)n[nH]1)N(C)C(=O)c1cn(CCN)nn1. The van der Waals surface area contributed by atoms with Crippen molar-refractivity contribution in [2.75, 3.05) is 13.6 Å². The van der Waals surface area contributed by atoms with Gasteiger partial charge in [-0.3, -0.25) is 14.6 Å². The molecule has 0 aliphatic heterocycles. The lowest BCUT2D eigenvalue weighted by Gasteiger charge is -2.22. The van der Waals surface area contributed by atoms with E-state index in [1.165, 1.54) is 0 Å². The number of aromatic nitrogens is 5. The van der Waals surface area contributed by atoms with Gasteiger partial charge in [-0.05, 0) is 13.0 Å². The number of nitrogens with two attached hydrogens (primary N) is 1. The highest BCUT2D eigenvalue weighted by molar-refractivity contribution is 5.92. The van der Waals surface area contributed by atoms with Crippen LogP contribution in [0.3, 0.4) is 0 Å². The minimum absolute atomic E-state index is 0.183. The largest absolute Gasteiger partial charge is 0.332 e. The van der Waals surface area contributed by atoms with Crippen molar-refractivity contribution in [3.05, 3.63) is 54.0 Å². The molecule has 8 nitrogen and oxygen atoms in total. The van der Waals surface area contributed by atoms with Crippen LogP contribution in [0.15, 0.2) is 42.6 Å². The highest BCUT2D eigenvalue weighted by Gasteiger charge is 2.23. The molecule has 0 aliphatic carbocycles. The zero-order valence-corrected chi connectivity index (χ0v) is 14.3. The fourth-order valence-electron chi connectivity index (χ4n) is 2.51. The Hall–Kier alpha value is -3.00. The molecular formula is C17H21N7O. The van der Waals surface area contributed by atoms with Crippen LogP contribution >= 0.6 is 0 Å². The van der Waals surface area contributed by atoms with Crippen LogP contribution in [0, 0.1) is 0 Å². The standard InChI is InChI=1S/C17H21N7O/c1-12(14-10-15(20-19-14)13-6-4-3-5-7-13)23(2)17(25)16-11-24(9-8-18)22-21-16/h3-7,10-12H,8-9,18H2,1-2H3,(H,19,20). The molecule has 0 fully saturated rings. The third kappa shape index (κ3) is 3.58. The van der Waals surface area contributed by atoms with Gasteiger partial charge in [0.25, 0.3) is 5.91 Å². The van der Waals surface area contributed by atoms with Crippen molar-refractivity contribution in [2.45, 2.75) is 19.5 Å². The molecule has 8 heteroatoms. The van der Waals surface area contributed by atoms with Crippen molar-refractivity contribution in [2.24, 2.45) is 5.73 Å². The Bertz CT molecular complexity index is 840. The molecule has 130 valence electrons. The smallest absolute Gasteiger partial charge is 0.276 e. The van der Waals surface area contributed by atoms with Gasteiger partial charge >= 0.3 is 0 Å². The Morgan fingerprint density at radius 2 is 2.12 bits per heavy atom. The number of carbonyl (C=O) groups is 1. The van der Waals surface area contributed by atoms with Crippen LogP contribution in [-0.4, -0.2) is 49.6 Å². The van der Waals surface area contributed by atoms with Gasteiger partial charge in [-0.25, -0.2) is 0 Å². The number of H-pyrrole nitrogens is 1. The summed E-state index contributed by atoms with van der Waals surface area (Å²) in [4.78, 5) is 14.2. The second kappa shape index (κ2) is 7.27. The molecule has 2 aromatic heterocycles. The molecular weight excluding hydrogens is 318 g/mol. The van der Waals surface area contributed by atoms with Gasteiger partial charge in [-0.15, -0.1) is 5.10 Å². The first-order valence-corrected chi connectivity index (χ1v) is 8.08. The molecule has 0 saturated heterocycles. The van der Waals surface area contributed by atoms with Gasteiger partial charge < -0.3 is 10.6 Å². The second-order valence-electron chi connectivity index (χ2n) is 5.82. The molecule has 1 atom stereocenters. The van der Waals surface area contributed by atoms with Gasteiger partial charge in [0.1, 0.15) is 0 Å². The Balaban J connectivity index is 1.74. The lowest BCUT2D eigenvalue weighted by molar-refractivity contribution is 0.0733. The van der Waals surface area contributed by atoms with E-state index in [1.54, 1.807) is 22.8 Å². The first-order chi connectivity index (χ1) is 12.1. The van der Waals surface area contributed by atoms with Crippen LogP contribution in [-0.2, 0) is 6.54 Å². The molecule has 2 heterocycles. The van der Waals surface area contributed by atoms with Crippen molar-refractivity contribution in [3.8, 4) is 11.3 Å². The fourth-order valence-corrected chi connectivity index (χ4v) is 2.51. The average molecular weight is 339 g/mol. The van der Waals surface area contributed by atoms with E-state index in [0.29, 0.717) is 18.8 Å². The minimum atomic E-state index is -0.202. The van der Waals surface area contributed by atoms with Crippen molar-refractivity contribution in [3.63, 3.8) is 0 Å². The Morgan fingerprint density at radius 3 is 2.84 bits per heavy atom. The third-order valence-electron chi connectivity index (χ3n) is 4.13. The molecule has 0 spiro atoms. The molecule has 1 amide bonds. The summed E-state index contributed by atoms with van der Waals surface area (Å²) >= 11 is 0. The maximum absolute atomic E-state index is 12.6. The molecule has 0 bridgehead atoms. The highest BCUT2D eigenvalue weighted by atomic mass is 16.2. The Kier molecular flexibility index (Phi) is 4.90. The summed E-state index contributed by atoms with van der Waals surface area (Å²) in [5.74, 6) is -0.202. The summed E-state index contributed by atoms with van der Waals surface area (Å²) in [7, 11) is 1.73. The van der Waals surface area contributed by atoms with Crippen molar-refractivity contribution in [1.29, 1.82) is 0 Å². The minimum Gasteiger partial charge on any atom is -0.332 e. The van der Waals surface area contributed by atoms with Crippen LogP contribution in [0.25, 0.3) is 11.3 Å². The van der Waals surface area contributed by atoms with Crippen molar-refractivity contribution in [1.82, 2.24) is 30.1 Å². The van der Waals surface area contributed by atoms with Crippen molar-refractivity contribution < 1.29 is 4.79 Å². The third-order valence-corrected chi connectivity index (χ3v) is 4.13. The number of rotatable bonds is 6. The first-order valence-electron chi connectivity index (χ1n) is 8.08. The van der Waals surface area contributed by atoms with Gasteiger partial charge in [0, 0.05) is 19.2 Å². The van der Waals surface area contributed by atoms with E-state index in [2.05, 4.69) is 20.5 Å². The monoisotopic (exact) mass is 339 g/mol. The Morgan fingerprint density at radius 1 is 1.36 bits per heavy atom. The van der Waals surface area contributed by atoms with Crippen molar-refractivity contribution >= 4 is 5.91 Å². The molecule has 1 unspecified atom stereocenters. The number of hydrogen-bond acceptors (Lipinski definition) is 5. The topological polar surface area (TPSA) is 106 Å². The summed E-state index contributed by atoms with van der Waals surface area (Å²) in [5, 5.41) is 15.2. The summed E-state index contributed by atoms with van der Waals surface area (Å²) in [5.41, 5.74) is 8.50. The quantitative estimate of drug-likeness (QED) is 0.707. The lowest BCUT2D eigenvalue weighted by Crippen LogP contribution is -2.30. The van der Waals surface area contributed by atoms with E-state index >= 15 is 0 Å². The highest BCUT2D eigenvalue weighted by Crippen LogP contribution is 2.23. The molecule has 0 radical (unpaired) electrons. The molecule has 3 aromatic rings. The van der Waals surface area contributed by atoms with E-state index in [-0.39, 0.29) is 11.9 Å². The van der Waals surface area contributed by atoms with Crippen LogP contribution in [0.4, 0.5) is 0 Å². The number of carbonyl (C=O) groups excluding carboxylic acids is 1. The van der Waals surface area contributed by atoms with Gasteiger partial charge in [0.15, 0.2) is 5.69 Å². The Labute approximate surface area is 145 Å². The van der Waals surface area contributed by atoms with Crippen LogP contribution < -0.4 is 5.73 Å². The van der Waals surface area contributed by atoms with Gasteiger partial charge in [-0.1, -0.05) is 35.5 Å². The van der Waals surface area contributed by atoms with Crippen LogP contribution in [0.5, 0.6) is 0 Å². The summed E-state index contributed by atoms with van der Waals surface area (Å²) < 4.78 is 1.56. The lowest BCUT2D eigenvalue weighted by atomic mass is 10.1. The number of aromatic amines is 1. The number of amides is 1. The zero-order valence-electron chi connectivity index (χ0n) is 14.3. The second-order valence-corrected chi connectivity index (χ2v) is 5.82. The van der Waals surface area contributed by atoms with E-state index in [4.69, 9.17) is 5.73 Å². The summed E-state index contributed by atoms with van der Waals surface area (Å²) in [6.07, 6.45) is 1.61. The molecule has 0 saturated carbocycles. The van der Waals surface area contributed by atoms with Crippen LogP contribution in [0.2, 0.25) is 0 Å². The maximum Gasteiger partial charge on any atom is 0.276 e. The number of benzene rings is 1. The van der Waals surface area contributed by atoms with Gasteiger partial charge in [0.05, 0.1) is 30.2 Å². The normalized spacial score (nSPS) is 12.1. The average Bonchev–Trinajstić information content (AvgIpc) is 3.31. The fraction of sp³-hybridized carbons (Fsp3) is 0.294. The van der Waals surface area contributed by atoms with E-state index in [0.717, 1.165) is 17.0 Å². The predicted octanol–water partition coefficient (Wildman–Crippen LogP) is 1.46. The van der Waals surface area contributed by atoms with E-state index in [1.807, 2.05) is 43.3 Å². The first kappa shape index (κ1) is 16.8. The predicted molar refractivity (Wildman–Crippen MR) is 93.6 cm³/mol. The maximum atomic E-state index is 12.6. The zero-order chi connectivity index (χ0) is 17.8. The van der Waals surface area contributed by atoms with E-state index < -0.39 is 0 Å².